The van der Waals surface area contributed by atoms with E-state index in [2.05, 4.69) is 9.47 Å². The van der Waals surface area contributed by atoms with Crippen molar-refractivity contribution < 1.29 is 4.74 Å². The van der Waals surface area contributed by atoms with Crippen molar-refractivity contribution in [1.82, 2.24) is 9.55 Å². The van der Waals surface area contributed by atoms with Gasteiger partial charge in [0.2, 0.25) is 5.95 Å². The molecule has 4 nitrogen and oxygen atoms in total. The Morgan fingerprint density at radius 2 is 1.81 bits per heavy atom. The predicted octanol–water partition coefficient (Wildman–Crippen LogP) is 6.42. The van der Waals surface area contributed by atoms with Gasteiger partial charge < -0.3 is 14.2 Å². The molecule has 0 radical (unpaired) electrons. The maximum atomic E-state index is 6.51. The lowest BCUT2D eigenvalue weighted by Crippen LogP contribution is -2.29. The van der Waals surface area contributed by atoms with Gasteiger partial charge >= 0.3 is 0 Å². The number of ether oxygens (including phenoxy) is 1. The quantitative estimate of drug-likeness (QED) is 0.486. The summed E-state index contributed by atoms with van der Waals surface area (Å²) in [5.41, 5.74) is 3.29. The van der Waals surface area contributed by atoms with Gasteiger partial charge in [-0.2, -0.15) is 0 Å². The average Bonchev–Trinajstić information content (AvgIpc) is 3.03. The largest absolute Gasteiger partial charge is 0.374 e. The number of methoxy groups -OCH3 is 1. The van der Waals surface area contributed by atoms with Crippen LogP contribution < -0.4 is 4.90 Å². The highest BCUT2D eigenvalue weighted by Gasteiger charge is 2.30. The number of fused-ring (bicyclic) bond motifs is 3. The molecule has 2 heterocycles. The molecule has 0 unspecified atom stereocenters. The molecule has 7 heteroatoms. The molecule has 0 saturated carbocycles. The van der Waals surface area contributed by atoms with Crippen LogP contribution >= 0.6 is 34.8 Å². The topological polar surface area (TPSA) is 30.3 Å². The zero-order chi connectivity index (χ0) is 19.3. The molecule has 0 amide bonds. The highest BCUT2D eigenvalue weighted by atomic mass is 35.5. The second kappa shape index (κ2) is 6.85. The fourth-order valence-electron chi connectivity index (χ4n) is 3.62. The van der Waals surface area contributed by atoms with Crippen molar-refractivity contribution in [2.24, 2.45) is 0 Å². The minimum absolute atomic E-state index is 0.458. The monoisotopic (exact) mass is 423 g/mol. The van der Waals surface area contributed by atoms with Gasteiger partial charge in [0.15, 0.2) is 0 Å². The molecule has 4 rings (SSSR count). The van der Waals surface area contributed by atoms with Gasteiger partial charge in [0.25, 0.3) is 0 Å². The number of imidazole rings is 1. The summed E-state index contributed by atoms with van der Waals surface area (Å²) in [7, 11) is 1.72. The summed E-state index contributed by atoms with van der Waals surface area (Å²) < 4.78 is 7.96. The van der Waals surface area contributed by atoms with Crippen LogP contribution in [0.2, 0.25) is 15.1 Å². The van der Waals surface area contributed by atoms with Crippen molar-refractivity contribution in [3.05, 3.63) is 51.0 Å². The molecule has 2 aromatic carbocycles. The first-order chi connectivity index (χ1) is 12.8. The van der Waals surface area contributed by atoms with Crippen LogP contribution in [-0.2, 0) is 16.9 Å². The zero-order valence-corrected chi connectivity index (χ0v) is 17.7. The van der Waals surface area contributed by atoms with Gasteiger partial charge in [0.05, 0.1) is 26.9 Å². The number of hydrogen-bond donors (Lipinski definition) is 0. The van der Waals surface area contributed by atoms with Crippen molar-refractivity contribution in [3.63, 3.8) is 0 Å². The molecule has 0 bridgehead atoms. The van der Waals surface area contributed by atoms with E-state index >= 15 is 0 Å². The molecule has 3 aromatic rings. The smallest absolute Gasteiger partial charge is 0.211 e. The average molecular weight is 425 g/mol. The van der Waals surface area contributed by atoms with Crippen LogP contribution in [0.1, 0.15) is 25.8 Å². The van der Waals surface area contributed by atoms with E-state index in [4.69, 9.17) is 44.5 Å². The Labute approximate surface area is 173 Å². The van der Waals surface area contributed by atoms with Crippen LogP contribution in [0.25, 0.3) is 11.0 Å². The minimum atomic E-state index is -0.458. The molecule has 0 fully saturated rings. The highest BCUT2D eigenvalue weighted by Crippen LogP contribution is 2.41. The highest BCUT2D eigenvalue weighted by molar-refractivity contribution is 6.36. The molecule has 1 aliphatic heterocycles. The molecule has 0 spiro atoms. The number of hydrogen-bond acceptors (Lipinski definition) is 3. The van der Waals surface area contributed by atoms with Gasteiger partial charge in [-0.15, -0.1) is 0 Å². The van der Waals surface area contributed by atoms with Gasteiger partial charge in [0.1, 0.15) is 5.52 Å². The summed E-state index contributed by atoms with van der Waals surface area (Å²) in [6.07, 6.45) is 0.969. The predicted molar refractivity (Wildman–Crippen MR) is 113 cm³/mol. The Balaban J connectivity index is 1.97. The summed E-state index contributed by atoms with van der Waals surface area (Å²) in [5.74, 6) is 0.835. The minimum Gasteiger partial charge on any atom is -0.374 e. The fourth-order valence-corrected chi connectivity index (χ4v) is 4.33. The fraction of sp³-hybridized carbons (Fsp3) is 0.350. The van der Waals surface area contributed by atoms with Gasteiger partial charge in [-0.05, 0) is 44.5 Å². The lowest BCUT2D eigenvalue weighted by Gasteiger charge is -2.31. The maximum absolute atomic E-state index is 6.51. The molecule has 0 N–H and O–H groups in total. The van der Waals surface area contributed by atoms with Crippen molar-refractivity contribution >= 4 is 57.5 Å². The standard InChI is InChI=1S/C20H20Cl3N3O/c1-20(2,27-3)13-6-7-14(22)17-18(13)26-10-4-9-25(19(26)24-17)16-8-5-12(21)11-15(16)23/h5-8,11H,4,9-10H2,1-3H3. The second-order valence-corrected chi connectivity index (χ2v) is 8.42. The summed E-state index contributed by atoms with van der Waals surface area (Å²) in [4.78, 5) is 7.02. The number of aromatic nitrogens is 2. The van der Waals surface area contributed by atoms with E-state index in [1.807, 2.05) is 38.1 Å². The molecule has 0 atom stereocenters. The third-order valence-electron chi connectivity index (χ3n) is 5.19. The Morgan fingerprint density at radius 1 is 1.04 bits per heavy atom. The van der Waals surface area contributed by atoms with Crippen LogP contribution in [0, 0.1) is 0 Å². The molecule has 1 aliphatic rings. The van der Waals surface area contributed by atoms with Crippen molar-refractivity contribution in [2.75, 3.05) is 18.6 Å². The number of rotatable bonds is 3. The molecular formula is C20H20Cl3N3O. The molecule has 142 valence electrons. The van der Waals surface area contributed by atoms with Crippen LogP contribution in [0.5, 0.6) is 0 Å². The van der Waals surface area contributed by atoms with Crippen molar-refractivity contribution in [2.45, 2.75) is 32.4 Å². The van der Waals surface area contributed by atoms with E-state index in [1.54, 1.807) is 13.2 Å². The van der Waals surface area contributed by atoms with E-state index in [1.165, 1.54) is 0 Å². The number of aryl methyl sites for hydroxylation is 1. The zero-order valence-electron chi connectivity index (χ0n) is 15.4. The van der Waals surface area contributed by atoms with Crippen molar-refractivity contribution in [3.8, 4) is 0 Å². The van der Waals surface area contributed by atoms with E-state index in [9.17, 15) is 0 Å². The lowest BCUT2D eigenvalue weighted by molar-refractivity contribution is 0.0202. The SMILES string of the molecule is COC(C)(C)c1ccc(Cl)c2nc3n(c12)CCCN3c1ccc(Cl)cc1Cl. The molecule has 0 aliphatic carbocycles. The first-order valence-electron chi connectivity index (χ1n) is 8.80. The van der Waals surface area contributed by atoms with Crippen LogP contribution in [0.4, 0.5) is 11.6 Å². The molecule has 27 heavy (non-hydrogen) atoms. The van der Waals surface area contributed by atoms with Crippen LogP contribution in [-0.4, -0.2) is 23.2 Å². The Morgan fingerprint density at radius 3 is 2.52 bits per heavy atom. The number of benzene rings is 2. The van der Waals surface area contributed by atoms with E-state index < -0.39 is 5.60 Å². The first kappa shape index (κ1) is 18.9. The number of nitrogens with zero attached hydrogens (tertiary/aromatic N) is 3. The van der Waals surface area contributed by atoms with E-state index in [0.717, 1.165) is 47.7 Å². The number of anilines is 2. The summed E-state index contributed by atoms with van der Waals surface area (Å²) >= 11 is 19.1. The molecule has 0 saturated heterocycles. The summed E-state index contributed by atoms with van der Waals surface area (Å²) in [6, 6.07) is 9.44. The van der Waals surface area contributed by atoms with Crippen molar-refractivity contribution in [1.29, 1.82) is 0 Å². The van der Waals surface area contributed by atoms with Gasteiger partial charge in [-0.1, -0.05) is 40.9 Å². The van der Waals surface area contributed by atoms with Gasteiger partial charge in [-0.3, -0.25) is 0 Å². The Kier molecular flexibility index (Phi) is 4.79. The van der Waals surface area contributed by atoms with Crippen LogP contribution in [0.3, 0.4) is 0 Å². The third kappa shape index (κ3) is 3.09. The van der Waals surface area contributed by atoms with E-state index in [0.29, 0.717) is 15.1 Å². The normalized spacial score (nSPS) is 14.7. The first-order valence-corrected chi connectivity index (χ1v) is 9.94. The van der Waals surface area contributed by atoms with Gasteiger partial charge in [0, 0.05) is 30.8 Å². The summed E-state index contributed by atoms with van der Waals surface area (Å²) in [5, 5.41) is 1.85. The maximum Gasteiger partial charge on any atom is 0.211 e. The molecule has 1 aromatic heterocycles. The van der Waals surface area contributed by atoms with E-state index in [-0.39, 0.29) is 0 Å². The Hall–Kier alpha value is -1.46. The summed E-state index contributed by atoms with van der Waals surface area (Å²) in [6.45, 7) is 5.78. The number of halogens is 3. The second-order valence-electron chi connectivity index (χ2n) is 7.17. The third-order valence-corrected chi connectivity index (χ3v) is 6.03. The molecular weight excluding hydrogens is 405 g/mol. The lowest BCUT2D eigenvalue weighted by atomic mass is 9.96. The van der Waals surface area contributed by atoms with Gasteiger partial charge in [-0.25, -0.2) is 4.98 Å². The Bertz CT molecular complexity index is 1030. The van der Waals surface area contributed by atoms with Crippen LogP contribution in [0.15, 0.2) is 30.3 Å².